The van der Waals surface area contributed by atoms with Crippen molar-refractivity contribution in [2.75, 3.05) is 5.73 Å². The van der Waals surface area contributed by atoms with E-state index in [9.17, 15) is 4.79 Å². The number of rotatable bonds is 3. The zero-order chi connectivity index (χ0) is 17.4. The van der Waals surface area contributed by atoms with Gasteiger partial charge in [0, 0.05) is 39.0 Å². The van der Waals surface area contributed by atoms with E-state index in [1.54, 1.807) is 18.2 Å². The Balaban J connectivity index is 2.23. The molecule has 6 heteroatoms. The molecule has 3 rings (SSSR count). The molecule has 1 heterocycles. The molecule has 0 saturated heterocycles. The molecule has 1 unspecified atom stereocenters. The van der Waals surface area contributed by atoms with Crippen molar-refractivity contribution in [3.63, 3.8) is 0 Å². The van der Waals surface area contributed by atoms with Crippen molar-refractivity contribution in [3.8, 4) is 0 Å². The van der Waals surface area contributed by atoms with E-state index in [2.05, 4.69) is 20.9 Å². The normalized spacial score (nSPS) is 17.0. The summed E-state index contributed by atoms with van der Waals surface area (Å²) in [5, 5.41) is 1.38. The number of furan rings is 1. The third kappa shape index (κ3) is 3.19. The van der Waals surface area contributed by atoms with Crippen LogP contribution in [0.4, 0.5) is 11.4 Å². The molecular weight excluding hydrogens is 392 g/mol. The second-order valence-electron chi connectivity index (χ2n) is 5.67. The summed E-state index contributed by atoms with van der Waals surface area (Å²) in [6.45, 7) is 3.31. The Labute approximate surface area is 152 Å². The average Bonchev–Trinajstić information content (AvgIpc) is 2.88. The van der Waals surface area contributed by atoms with E-state index in [4.69, 9.17) is 21.8 Å². The first-order valence-electron chi connectivity index (χ1n) is 7.47. The number of alkyl halides is 1. The number of carbonyl (C=O) groups excluding carboxylic acids is 1. The summed E-state index contributed by atoms with van der Waals surface area (Å²) in [5.74, 6) is 0.0935. The standard InChI is InChI=1S/C18H16BrClN2O2/c1-9(13-8-12(21)4-5-15(13)20)22-17-14-7-11(19)3-6-16(14)24-18(17)10(2)23/h4-8,11H,3,21H2,1-2H3/b22-9+. The molecule has 2 aromatic rings. The minimum absolute atomic E-state index is 0.164. The summed E-state index contributed by atoms with van der Waals surface area (Å²) in [5.41, 5.74) is 9.06. The van der Waals surface area contributed by atoms with Gasteiger partial charge in [-0.3, -0.25) is 4.79 Å². The van der Waals surface area contributed by atoms with Crippen molar-refractivity contribution in [1.29, 1.82) is 0 Å². The lowest BCUT2D eigenvalue weighted by Gasteiger charge is -2.06. The maximum Gasteiger partial charge on any atom is 0.197 e. The fourth-order valence-electron chi connectivity index (χ4n) is 2.63. The summed E-state index contributed by atoms with van der Waals surface area (Å²) in [6, 6.07) is 5.23. The van der Waals surface area contributed by atoms with Gasteiger partial charge in [-0.2, -0.15) is 0 Å². The largest absolute Gasteiger partial charge is 0.451 e. The van der Waals surface area contributed by atoms with Gasteiger partial charge in [0.2, 0.25) is 0 Å². The molecule has 0 saturated carbocycles. The van der Waals surface area contributed by atoms with Gasteiger partial charge in [0.05, 0.1) is 0 Å². The summed E-state index contributed by atoms with van der Waals surface area (Å²) < 4.78 is 5.72. The van der Waals surface area contributed by atoms with Crippen molar-refractivity contribution < 1.29 is 9.21 Å². The molecule has 24 heavy (non-hydrogen) atoms. The van der Waals surface area contributed by atoms with Crippen molar-refractivity contribution in [3.05, 3.63) is 45.2 Å². The maximum atomic E-state index is 12.0. The highest BCUT2D eigenvalue weighted by Gasteiger charge is 2.19. The Hall–Kier alpha value is -1.85. The quantitative estimate of drug-likeness (QED) is 0.366. The van der Waals surface area contributed by atoms with E-state index >= 15 is 0 Å². The minimum Gasteiger partial charge on any atom is -0.451 e. The molecule has 1 aromatic heterocycles. The van der Waals surface area contributed by atoms with Crippen molar-refractivity contribution in [2.45, 2.75) is 25.1 Å². The molecule has 4 nitrogen and oxygen atoms in total. The van der Waals surface area contributed by atoms with Crippen LogP contribution in [-0.4, -0.2) is 16.3 Å². The number of Topliss-reactive ketones (excluding diaryl/α,β-unsaturated/α-hetero) is 1. The molecule has 0 fully saturated rings. The van der Waals surface area contributed by atoms with Crippen LogP contribution in [0.3, 0.4) is 0 Å². The topological polar surface area (TPSA) is 68.6 Å². The van der Waals surface area contributed by atoms with Gasteiger partial charge in [-0.15, -0.1) is 0 Å². The summed E-state index contributed by atoms with van der Waals surface area (Å²) in [4.78, 5) is 16.8. The number of anilines is 1. The predicted molar refractivity (Wildman–Crippen MR) is 102 cm³/mol. The highest BCUT2D eigenvalue weighted by atomic mass is 79.9. The molecule has 2 N–H and O–H groups in total. The Morgan fingerprint density at radius 3 is 2.88 bits per heavy atom. The van der Waals surface area contributed by atoms with E-state index in [1.807, 2.05) is 19.1 Å². The number of nitrogens with zero attached hydrogens (tertiary/aromatic N) is 1. The number of nitrogens with two attached hydrogens (primary N) is 1. The summed E-state index contributed by atoms with van der Waals surface area (Å²) in [6.07, 6.45) is 4.78. The van der Waals surface area contributed by atoms with E-state index < -0.39 is 0 Å². The molecule has 0 amide bonds. The lowest BCUT2D eigenvalue weighted by atomic mass is 10.1. The Bertz CT molecular complexity index is 976. The summed E-state index contributed by atoms with van der Waals surface area (Å²) in [7, 11) is 0. The van der Waals surface area contributed by atoms with Crippen LogP contribution in [0.2, 0.25) is 5.02 Å². The molecule has 0 spiro atoms. The van der Waals surface area contributed by atoms with Crippen LogP contribution in [0, 0.1) is 0 Å². The molecule has 0 radical (unpaired) electrons. The van der Waals surface area contributed by atoms with Crippen LogP contribution >= 0.6 is 27.5 Å². The molecule has 1 aromatic carbocycles. The van der Waals surface area contributed by atoms with Crippen molar-refractivity contribution in [2.24, 2.45) is 4.99 Å². The van der Waals surface area contributed by atoms with Crippen LogP contribution in [0.1, 0.15) is 36.4 Å². The number of fused-ring (bicyclic) bond motifs is 1. The van der Waals surface area contributed by atoms with E-state index in [-0.39, 0.29) is 16.4 Å². The molecule has 1 atom stereocenters. The van der Waals surface area contributed by atoms with Crippen LogP contribution in [0.15, 0.2) is 27.6 Å². The van der Waals surface area contributed by atoms with Crippen molar-refractivity contribution in [1.82, 2.24) is 0 Å². The van der Waals surface area contributed by atoms with E-state index in [1.165, 1.54) is 6.92 Å². The Morgan fingerprint density at radius 2 is 2.17 bits per heavy atom. The number of hydrogen-bond donors (Lipinski definition) is 1. The van der Waals surface area contributed by atoms with Crippen LogP contribution < -0.4 is 16.4 Å². The molecule has 124 valence electrons. The predicted octanol–water partition coefficient (Wildman–Crippen LogP) is 3.59. The monoisotopic (exact) mass is 406 g/mol. The van der Waals surface area contributed by atoms with Crippen LogP contribution in [-0.2, 0) is 0 Å². The second-order valence-corrected chi connectivity index (χ2v) is 7.26. The van der Waals surface area contributed by atoms with E-state index in [0.29, 0.717) is 27.5 Å². The number of halogens is 2. The number of benzene rings is 1. The van der Waals surface area contributed by atoms with Gasteiger partial charge in [-0.25, -0.2) is 4.99 Å². The molecule has 1 aliphatic carbocycles. The number of hydrogen-bond acceptors (Lipinski definition) is 4. The van der Waals surface area contributed by atoms with Gasteiger partial charge in [0.15, 0.2) is 11.5 Å². The van der Waals surface area contributed by atoms with Gasteiger partial charge in [-0.05, 0) is 37.6 Å². The fourth-order valence-corrected chi connectivity index (χ4v) is 3.34. The minimum atomic E-state index is -0.164. The smallest absolute Gasteiger partial charge is 0.197 e. The zero-order valence-electron chi connectivity index (χ0n) is 13.3. The maximum absolute atomic E-state index is 12.0. The fraction of sp³-hybridized carbons (Fsp3) is 0.222. The van der Waals surface area contributed by atoms with Gasteiger partial charge < -0.3 is 10.2 Å². The van der Waals surface area contributed by atoms with Crippen LogP contribution in [0.25, 0.3) is 12.2 Å². The first-order valence-corrected chi connectivity index (χ1v) is 8.76. The lowest BCUT2D eigenvalue weighted by Crippen LogP contribution is -2.25. The average molecular weight is 408 g/mol. The van der Waals surface area contributed by atoms with Gasteiger partial charge in [-0.1, -0.05) is 33.6 Å². The first kappa shape index (κ1) is 17.0. The molecule has 0 bridgehead atoms. The zero-order valence-corrected chi connectivity index (χ0v) is 15.6. The highest BCUT2D eigenvalue weighted by molar-refractivity contribution is 9.09. The number of ketones is 1. The van der Waals surface area contributed by atoms with Crippen molar-refractivity contribution >= 4 is 62.6 Å². The third-order valence-corrected chi connectivity index (χ3v) is 4.77. The second kappa shape index (κ2) is 6.57. The molecule has 0 aliphatic heterocycles. The molecule has 1 aliphatic rings. The Kier molecular flexibility index (Phi) is 4.65. The van der Waals surface area contributed by atoms with Gasteiger partial charge >= 0.3 is 0 Å². The first-order chi connectivity index (χ1) is 11.4. The van der Waals surface area contributed by atoms with E-state index in [0.717, 1.165) is 17.2 Å². The number of carbonyl (C=O) groups is 1. The molecular formula is C18H16BrClN2O2. The van der Waals surface area contributed by atoms with Gasteiger partial charge in [0.25, 0.3) is 0 Å². The third-order valence-electron chi connectivity index (χ3n) is 3.80. The number of nitrogen functional groups attached to an aromatic ring is 1. The van der Waals surface area contributed by atoms with Crippen LogP contribution in [0.5, 0.6) is 0 Å². The number of aliphatic imine (C=N–C) groups is 1. The summed E-state index contributed by atoms with van der Waals surface area (Å²) >= 11 is 9.82. The van der Waals surface area contributed by atoms with Gasteiger partial charge in [0.1, 0.15) is 11.1 Å². The lowest BCUT2D eigenvalue weighted by molar-refractivity contribution is 0.0986. The SMILES string of the molecule is CC(=O)c1oc2c(c1/N=C(\C)c1cc(N)ccc1Cl)=CC(Br)CC=2. The highest BCUT2D eigenvalue weighted by Crippen LogP contribution is 2.23. The Morgan fingerprint density at radius 1 is 1.42 bits per heavy atom.